The number of para-hydroxylation sites is 1. The number of hydrogen-bond donors (Lipinski definition) is 0. The molecular formula is C27H34N4O2. The molecule has 3 heterocycles. The summed E-state index contributed by atoms with van der Waals surface area (Å²) < 4.78 is 0. The molecule has 0 aromatic heterocycles. The first-order chi connectivity index (χ1) is 16.2. The van der Waals surface area contributed by atoms with Crippen LogP contribution in [0.25, 0.3) is 0 Å². The van der Waals surface area contributed by atoms with Crippen LogP contribution in [0.3, 0.4) is 0 Å². The molecule has 2 aromatic carbocycles. The summed E-state index contributed by atoms with van der Waals surface area (Å²) in [5.74, 6) is 0.408. The maximum atomic E-state index is 13.9. The van der Waals surface area contributed by atoms with E-state index >= 15 is 0 Å². The fraction of sp³-hybridized carbons (Fsp3) is 0.481. The molecule has 174 valence electrons. The molecule has 2 fully saturated rings. The van der Waals surface area contributed by atoms with E-state index in [1.165, 1.54) is 17.7 Å². The van der Waals surface area contributed by atoms with Crippen molar-refractivity contribution in [3.8, 4) is 0 Å². The Morgan fingerprint density at radius 2 is 1.42 bits per heavy atom. The Morgan fingerprint density at radius 1 is 0.727 bits per heavy atom. The van der Waals surface area contributed by atoms with Crippen molar-refractivity contribution in [2.75, 3.05) is 57.3 Å². The molecule has 0 N–H and O–H groups in total. The Balaban J connectivity index is 1.26. The normalized spacial score (nSPS) is 19.9. The van der Waals surface area contributed by atoms with E-state index in [9.17, 15) is 9.59 Å². The predicted octanol–water partition coefficient (Wildman–Crippen LogP) is 2.95. The van der Waals surface area contributed by atoms with E-state index in [1.54, 1.807) is 0 Å². The van der Waals surface area contributed by atoms with Crippen LogP contribution in [-0.2, 0) is 16.0 Å². The highest BCUT2D eigenvalue weighted by molar-refractivity contribution is 5.88. The number of likely N-dealkylation sites (tertiary alicyclic amines) is 1. The van der Waals surface area contributed by atoms with Crippen molar-refractivity contribution in [3.63, 3.8) is 0 Å². The zero-order valence-corrected chi connectivity index (χ0v) is 19.4. The Kier molecular flexibility index (Phi) is 6.63. The van der Waals surface area contributed by atoms with Gasteiger partial charge in [0, 0.05) is 51.5 Å². The summed E-state index contributed by atoms with van der Waals surface area (Å²) in [4.78, 5) is 35.0. The second kappa shape index (κ2) is 9.96. The molecule has 0 bridgehead atoms. The van der Waals surface area contributed by atoms with Crippen LogP contribution >= 0.6 is 0 Å². The summed E-state index contributed by atoms with van der Waals surface area (Å²) >= 11 is 0. The summed E-state index contributed by atoms with van der Waals surface area (Å²) in [6.07, 6.45) is 4.44. The lowest BCUT2D eigenvalue weighted by Gasteiger charge is -2.39. The van der Waals surface area contributed by atoms with Gasteiger partial charge < -0.3 is 14.7 Å². The number of amides is 2. The second-order valence-corrected chi connectivity index (χ2v) is 9.43. The summed E-state index contributed by atoms with van der Waals surface area (Å²) in [5, 5.41) is 0. The Hall–Kier alpha value is -2.86. The van der Waals surface area contributed by atoms with Crippen molar-refractivity contribution in [1.29, 1.82) is 0 Å². The monoisotopic (exact) mass is 446 g/mol. The molecule has 2 saturated heterocycles. The molecule has 0 unspecified atom stereocenters. The van der Waals surface area contributed by atoms with Gasteiger partial charge in [-0.1, -0.05) is 48.5 Å². The van der Waals surface area contributed by atoms with Crippen molar-refractivity contribution in [2.24, 2.45) is 0 Å². The van der Waals surface area contributed by atoms with Crippen LogP contribution in [0.15, 0.2) is 54.6 Å². The maximum Gasteiger partial charge on any atom is 0.250 e. The summed E-state index contributed by atoms with van der Waals surface area (Å²) in [6.45, 7) is 5.97. The lowest BCUT2D eigenvalue weighted by Crippen LogP contribution is -2.54. The summed E-state index contributed by atoms with van der Waals surface area (Å²) in [6, 6.07) is 18.3. The Labute approximate surface area is 196 Å². The molecule has 5 rings (SSSR count). The van der Waals surface area contributed by atoms with Gasteiger partial charge in [-0.15, -0.1) is 0 Å². The average Bonchev–Trinajstić information content (AvgIpc) is 3.29. The Bertz CT molecular complexity index is 965. The predicted molar refractivity (Wildman–Crippen MR) is 130 cm³/mol. The smallest absolute Gasteiger partial charge is 0.250 e. The van der Waals surface area contributed by atoms with E-state index in [4.69, 9.17) is 0 Å². The zero-order chi connectivity index (χ0) is 22.6. The summed E-state index contributed by atoms with van der Waals surface area (Å²) in [7, 11) is 0. The molecule has 3 aliphatic rings. The van der Waals surface area contributed by atoms with E-state index in [-0.39, 0.29) is 17.9 Å². The number of nitrogens with zero attached hydrogens (tertiary/aromatic N) is 4. The minimum atomic E-state index is -0.309. The molecule has 33 heavy (non-hydrogen) atoms. The highest BCUT2D eigenvalue weighted by atomic mass is 16.2. The van der Waals surface area contributed by atoms with Gasteiger partial charge in [0.2, 0.25) is 11.8 Å². The number of hydrogen-bond acceptors (Lipinski definition) is 4. The van der Waals surface area contributed by atoms with Crippen LogP contribution in [0.1, 0.15) is 36.4 Å². The fourth-order valence-electron chi connectivity index (χ4n) is 5.46. The van der Waals surface area contributed by atoms with Gasteiger partial charge in [0.05, 0.1) is 6.54 Å². The van der Waals surface area contributed by atoms with Crippen LogP contribution in [0.4, 0.5) is 5.69 Å². The van der Waals surface area contributed by atoms with Crippen molar-refractivity contribution < 1.29 is 9.59 Å². The van der Waals surface area contributed by atoms with Crippen LogP contribution in [0, 0.1) is 0 Å². The quantitative estimate of drug-likeness (QED) is 0.709. The van der Waals surface area contributed by atoms with Gasteiger partial charge in [-0.25, -0.2) is 0 Å². The van der Waals surface area contributed by atoms with Crippen LogP contribution in [-0.4, -0.2) is 78.9 Å². The summed E-state index contributed by atoms with van der Waals surface area (Å²) in [5.41, 5.74) is 3.53. The van der Waals surface area contributed by atoms with Crippen molar-refractivity contribution >= 4 is 17.5 Å². The molecular weight excluding hydrogens is 412 g/mol. The molecule has 2 aromatic rings. The SMILES string of the molecule is O=C(CN1CCN(C(=O)[C@@H](c2ccccc2)N2CCc3ccccc32)CC1)N1CCCCC1. The topological polar surface area (TPSA) is 47.1 Å². The van der Waals surface area contributed by atoms with Gasteiger partial charge in [-0.2, -0.15) is 0 Å². The highest BCUT2D eigenvalue weighted by Gasteiger charge is 2.36. The third-order valence-electron chi connectivity index (χ3n) is 7.34. The van der Waals surface area contributed by atoms with Crippen LogP contribution in [0.5, 0.6) is 0 Å². The van der Waals surface area contributed by atoms with Crippen molar-refractivity contribution in [2.45, 2.75) is 31.7 Å². The molecule has 6 nitrogen and oxygen atoms in total. The number of fused-ring (bicyclic) bond motifs is 1. The minimum absolute atomic E-state index is 0.167. The van der Waals surface area contributed by atoms with Crippen molar-refractivity contribution in [3.05, 3.63) is 65.7 Å². The highest BCUT2D eigenvalue weighted by Crippen LogP contribution is 2.36. The minimum Gasteiger partial charge on any atom is -0.355 e. The first-order valence-electron chi connectivity index (χ1n) is 12.4. The number of anilines is 1. The lowest BCUT2D eigenvalue weighted by atomic mass is 10.0. The maximum absolute atomic E-state index is 13.9. The third-order valence-corrected chi connectivity index (χ3v) is 7.34. The van der Waals surface area contributed by atoms with E-state index in [0.717, 1.165) is 57.5 Å². The van der Waals surface area contributed by atoms with Gasteiger partial charge in [0.15, 0.2) is 0 Å². The van der Waals surface area contributed by atoms with Gasteiger partial charge in [-0.05, 0) is 42.9 Å². The first-order valence-corrected chi connectivity index (χ1v) is 12.4. The number of carbonyl (C=O) groups excluding carboxylic acids is 2. The number of piperazine rings is 1. The molecule has 0 radical (unpaired) electrons. The fourth-order valence-corrected chi connectivity index (χ4v) is 5.46. The van der Waals surface area contributed by atoms with E-state index < -0.39 is 0 Å². The van der Waals surface area contributed by atoms with Gasteiger partial charge in [0.25, 0.3) is 0 Å². The van der Waals surface area contributed by atoms with E-state index in [0.29, 0.717) is 19.6 Å². The third kappa shape index (κ3) is 4.76. The van der Waals surface area contributed by atoms with Crippen LogP contribution in [0.2, 0.25) is 0 Å². The van der Waals surface area contributed by atoms with Crippen molar-refractivity contribution in [1.82, 2.24) is 14.7 Å². The zero-order valence-electron chi connectivity index (χ0n) is 19.4. The number of piperidine rings is 1. The van der Waals surface area contributed by atoms with E-state index in [1.807, 2.05) is 28.0 Å². The molecule has 1 atom stereocenters. The molecule has 0 aliphatic carbocycles. The lowest BCUT2D eigenvalue weighted by molar-refractivity contribution is -0.136. The molecule has 6 heteroatoms. The standard InChI is InChI=1S/C27H34N4O2/c32-25(29-14-7-2-8-15-29)21-28-17-19-30(20-18-28)27(33)26(23-10-3-1-4-11-23)31-16-13-22-9-5-6-12-24(22)31/h1,3-6,9-12,26H,2,7-8,13-21H2/t26-/m1/s1. The number of benzene rings is 2. The molecule has 0 spiro atoms. The van der Waals surface area contributed by atoms with Crippen LogP contribution < -0.4 is 4.90 Å². The van der Waals surface area contributed by atoms with Gasteiger partial charge >= 0.3 is 0 Å². The van der Waals surface area contributed by atoms with E-state index in [2.05, 4.69) is 46.2 Å². The molecule has 2 amide bonds. The Morgan fingerprint density at radius 3 is 2.18 bits per heavy atom. The number of carbonyl (C=O) groups is 2. The second-order valence-electron chi connectivity index (χ2n) is 9.43. The number of rotatable bonds is 5. The average molecular weight is 447 g/mol. The van der Waals surface area contributed by atoms with Gasteiger partial charge in [0.1, 0.15) is 6.04 Å². The first kappa shape index (κ1) is 22.0. The molecule has 3 aliphatic heterocycles. The largest absolute Gasteiger partial charge is 0.355 e. The molecule has 0 saturated carbocycles. The van der Waals surface area contributed by atoms with Gasteiger partial charge in [-0.3, -0.25) is 14.5 Å².